The van der Waals surface area contributed by atoms with Crippen LogP contribution in [0.4, 0.5) is 0 Å². The minimum absolute atomic E-state index is 0.0538. The number of aromatic nitrogens is 3. The van der Waals surface area contributed by atoms with Crippen molar-refractivity contribution in [2.45, 2.75) is 51.1 Å². The van der Waals surface area contributed by atoms with E-state index in [-0.39, 0.29) is 11.8 Å². The average molecular weight is 389 g/mol. The molecule has 0 N–H and O–H groups in total. The lowest BCUT2D eigenvalue weighted by molar-refractivity contribution is -0.137. The van der Waals surface area contributed by atoms with Crippen LogP contribution in [0, 0.1) is 11.8 Å². The van der Waals surface area contributed by atoms with Gasteiger partial charge in [-0.1, -0.05) is 0 Å². The number of carbonyl (C=O) groups is 2. The number of carbonyl (C=O) groups excluding carboxylic acids is 2. The van der Waals surface area contributed by atoms with Crippen molar-refractivity contribution in [3.05, 3.63) is 12.2 Å². The molecule has 3 aliphatic rings. The van der Waals surface area contributed by atoms with Crippen molar-refractivity contribution in [1.29, 1.82) is 0 Å². The SMILES string of the molecule is CN(Cc1nncn1C)C(=O)[C@H]1CCCN(C2CCN(C(=O)C3CC3)CC2)C1. The first kappa shape index (κ1) is 19.4. The Kier molecular flexibility index (Phi) is 5.66. The number of rotatable bonds is 5. The van der Waals surface area contributed by atoms with E-state index in [9.17, 15) is 9.59 Å². The van der Waals surface area contributed by atoms with Gasteiger partial charge in [-0.2, -0.15) is 0 Å². The van der Waals surface area contributed by atoms with Crippen LogP contribution >= 0.6 is 0 Å². The Morgan fingerprint density at radius 2 is 1.86 bits per heavy atom. The molecule has 1 aliphatic carbocycles. The number of piperidine rings is 2. The van der Waals surface area contributed by atoms with Crippen LogP contribution in [-0.4, -0.2) is 80.5 Å². The van der Waals surface area contributed by atoms with E-state index in [2.05, 4.69) is 20.0 Å². The normalized spacial score (nSPS) is 24.4. The number of likely N-dealkylation sites (tertiary alicyclic amines) is 2. The number of aryl methyl sites for hydroxylation is 1. The lowest BCUT2D eigenvalue weighted by atomic mass is 9.93. The summed E-state index contributed by atoms with van der Waals surface area (Å²) in [6.45, 7) is 4.15. The molecule has 0 bridgehead atoms. The van der Waals surface area contributed by atoms with Crippen LogP contribution < -0.4 is 0 Å². The summed E-state index contributed by atoms with van der Waals surface area (Å²) in [5.74, 6) is 1.75. The van der Waals surface area contributed by atoms with Gasteiger partial charge in [-0.3, -0.25) is 14.5 Å². The van der Waals surface area contributed by atoms with E-state index in [1.165, 1.54) is 0 Å². The first-order valence-corrected chi connectivity index (χ1v) is 10.6. The third kappa shape index (κ3) is 4.21. The van der Waals surface area contributed by atoms with Crippen molar-refractivity contribution >= 4 is 11.8 Å². The summed E-state index contributed by atoms with van der Waals surface area (Å²) in [5, 5.41) is 7.98. The molecule has 1 aromatic rings. The van der Waals surface area contributed by atoms with Gasteiger partial charge in [0.15, 0.2) is 5.82 Å². The van der Waals surface area contributed by atoms with Crippen LogP contribution in [0.1, 0.15) is 44.3 Å². The van der Waals surface area contributed by atoms with Crippen molar-refractivity contribution < 1.29 is 9.59 Å². The zero-order valence-corrected chi connectivity index (χ0v) is 17.1. The Morgan fingerprint density at radius 1 is 1.11 bits per heavy atom. The highest BCUT2D eigenvalue weighted by molar-refractivity contribution is 5.81. The maximum absolute atomic E-state index is 13.0. The van der Waals surface area contributed by atoms with Gasteiger partial charge in [-0.05, 0) is 45.1 Å². The summed E-state index contributed by atoms with van der Waals surface area (Å²) in [6, 6.07) is 0.503. The summed E-state index contributed by atoms with van der Waals surface area (Å²) in [5.41, 5.74) is 0. The van der Waals surface area contributed by atoms with E-state index in [0.717, 1.165) is 70.5 Å². The predicted molar refractivity (Wildman–Crippen MR) is 104 cm³/mol. The van der Waals surface area contributed by atoms with Crippen LogP contribution in [0.15, 0.2) is 6.33 Å². The Labute approximate surface area is 166 Å². The molecule has 1 saturated carbocycles. The highest BCUT2D eigenvalue weighted by Crippen LogP contribution is 2.32. The monoisotopic (exact) mass is 388 g/mol. The molecular formula is C20H32N6O2. The van der Waals surface area contributed by atoms with Gasteiger partial charge in [0.25, 0.3) is 0 Å². The van der Waals surface area contributed by atoms with Crippen molar-refractivity contribution in [2.75, 3.05) is 33.2 Å². The molecule has 8 heteroatoms. The zero-order chi connectivity index (χ0) is 19.7. The molecule has 8 nitrogen and oxygen atoms in total. The first-order chi connectivity index (χ1) is 13.5. The van der Waals surface area contributed by atoms with Gasteiger partial charge in [0.05, 0.1) is 12.5 Å². The molecule has 28 heavy (non-hydrogen) atoms. The minimum Gasteiger partial charge on any atom is -0.342 e. The average Bonchev–Trinajstić information content (AvgIpc) is 3.50. The molecular weight excluding hydrogens is 356 g/mol. The lowest BCUT2D eigenvalue weighted by Crippen LogP contribution is -2.51. The van der Waals surface area contributed by atoms with E-state index in [4.69, 9.17) is 0 Å². The number of amides is 2. The number of hydrogen-bond donors (Lipinski definition) is 0. The van der Waals surface area contributed by atoms with Crippen molar-refractivity contribution in [3.63, 3.8) is 0 Å². The molecule has 2 saturated heterocycles. The zero-order valence-electron chi connectivity index (χ0n) is 17.1. The molecule has 4 rings (SSSR count). The lowest BCUT2D eigenvalue weighted by Gasteiger charge is -2.42. The molecule has 1 atom stereocenters. The second-order valence-corrected chi connectivity index (χ2v) is 8.72. The molecule has 154 valence electrons. The van der Waals surface area contributed by atoms with Gasteiger partial charge in [-0.25, -0.2) is 0 Å². The summed E-state index contributed by atoms with van der Waals surface area (Å²) in [4.78, 5) is 31.6. The molecule has 0 unspecified atom stereocenters. The quantitative estimate of drug-likeness (QED) is 0.749. The van der Waals surface area contributed by atoms with Gasteiger partial charge in [0.1, 0.15) is 6.33 Å². The van der Waals surface area contributed by atoms with Crippen molar-refractivity contribution in [3.8, 4) is 0 Å². The molecule has 1 aromatic heterocycles. The molecule has 0 aromatic carbocycles. The molecule has 2 amide bonds. The third-order valence-electron chi connectivity index (χ3n) is 6.58. The molecule has 3 fully saturated rings. The smallest absolute Gasteiger partial charge is 0.227 e. The largest absolute Gasteiger partial charge is 0.342 e. The van der Waals surface area contributed by atoms with Crippen LogP contribution in [-0.2, 0) is 23.2 Å². The van der Waals surface area contributed by atoms with Gasteiger partial charge in [0, 0.05) is 45.7 Å². The van der Waals surface area contributed by atoms with Crippen LogP contribution in [0.3, 0.4) is 0 Å². The topological polar surface area (TPSA) is 74.6 Å². The number of hydrogen-bond acceptors (Lipinski definition) is 5. The van der Waals surface area contributed by atoms with E-state index in [1.807, 2.05) is 18.7 Å². The second kappa shape index (κ2) is 8.19. The van der Waals surface area contributed by atoms with Crippen LogP contribution in [0.2, 0.25) is 0 Å². The van der Waals surface area contributed by atoms with Gasteiger partial charge < -0.3 is 14.4 Å². The van der Waals surface area contributed by atoms with E-state index >= 15 is 0 Å². The maximum Gasteiger partial charge on any atom is 0.227 e. The van der Waals surface area contributed by atoms with Crippen molar-refractivity contribution in [1.82, 2.24) is 29.5 Å². The first-order valence-electron chi connectivity index (χ1n) is 10.6. The predicted octanol–water partition coefficient (Wildman–Crippen LogP) is 0.887. The Balaban J connectivity index is 1.28. The minimum atomic E-state index is 0.0538. The third-order valence-corrected chi connectivity index (χ3v) is 6.58. The van der Waals surface area contributed by atoms with Gasteiger partial charge >= 0.3 is 0 Å². The maximum atomic E-state index is 13.0. The standard InChI is InChI=1S/C20H32N6O2/c1-23(13-18-22-21-14-24(18)2)19(27)16-4-3-9-26(12-16)17-7-10-25(11-8-17)20(28)15-5-6-15/h14-17H,3-13H2,1-2H3/t16-/m0/s1. The highest BCUT2D eigenvalue weighted by Gasteiger charge is 2.37. The summed E-state index contributed by atoms with van der Waals surface area (Å²) in [7, 11) is 3.76. The fourth-order valence-electron chi connectivity index (χ4n) is 4.63. The molecule has 0 spiro atoms. The fourth-order valence-corrected chi connectivity index (χ4v) is 4.63. The fraction of sp³-hybridized carbons (Fsp3) is 0.800. The molecule has 0 radical (unpaired) electrons. The van der Waals surface area contributed by atoms with Gasteiger partial charge in [0.2, 0.25) is 11.8 Å². The Bertz CT molecular complexity index is 707. The summed E-state index contributed by atoms with van der Waals surface area (Å²) >= 11 is 0. The summed E-state index contributed by atoms with van der Waals surface area (Å²) in [6.07, 6.45) is 7.92. The Hall–Kier alpha value is -1.96. The van der Waals surface area contributed by atoms with Crippen LogP contribution in [0.25, 0.3) is 0 Å². The van der Waals surface area contributed by atoms with E-state index in [1.54, 1.807) is 11.2 Å². The van der Waals surface area contributed by atoms with Crippen molar-refractivity contribution in [2.24, 2.45) is 18.9 Å². The molecule has 2 aliphatic heterocycles. The highest BCUT2D eigenvalue weighted by atomic mass is 16.2. The number of nitrogens with zero attached hydrogens (tertiary/aromatic N) is 6. The molecule has 3 heterocycles. The van der Waals surface area contributed by atoms with E-state index in [0.29, 0.717) is 24.4 Å². The van der Waals surface area contributed by atoms with Gasteiger partial charge in [-0.15, -0.1) is 10.2 Å². The summed E-state index contributed by atoms with van der Waals surface area (Å²) < 4.78 is 1.85. The second-order valence-electron chi connectivity index (χ2n) is 8.72. The Morgan fingerprint density at radius 3 is 2.50 bits per heavy atom. The van der Waals surface area contributed by atoms with E-state index < -0.39 is 0 Å². The van der Waals surface area contributed by atoms with Crippen LogP contribution in [0.5, 0.6) is 0 Å².